The summed E-state index contributed by atoms with van der Waals surface area (Å²) in [5.74, 6) is 0.734. The maximum Gasteiger partial charge on any atom is 0.319 e. The third kappa shape index (κ3) is 7.28. The molecule has 146 valence electrons. The van der Waals surface area contributed by atoms with Gasteiger partial charge >= 0.3 is 6.03 Å². The fourth-order valence-electron chi connectivity index (χ4n) is 2.52. The summed E-state index contributed by atoms with van der Waals surface area (Å²) in [7, 11) is -1.79. The maximum absolute atomic E-state index is 12.0. The summed E-state index contributed by atoms with van der Waals surface area (Å²) in [5, 5.41) is 5.37. The summed E-state index contributed by atoms with van der Waals surface area (Å²) in [6.45, 7) is 0.739. The Labute approximate surface area is 160 Å². The molecule has 2 amide bonds. The van der Waals surface area contributed by atoms with Gasteiger partial charge in [-0.3, -0.25) is 0 Å². The number of methoxy groups -OCH3 is 1. The van der Waals surface area contributed by atoms with Gasteiger partial charge in [0.1, 0.15) is 5.75 Å². The number of amides is 2. The molecular formula is C19H25N3O4S. The van der Waals surface area contributed by atoms with E-state index < -0.39 is 10.0 Å². The van der Waals surface area contributed by atoms with E-state index in [9.17, 15) is 13.2 Å². The van der Waals surface area contributed by atoms with Crippen LogP contribution in [0.2, 0.25) is 0 Å². The Morgan fingerprint density at radius 1 is 1.07 bits per heavy atom. The maximum atomic E-state index is 12.0. The van der Waals surface area contributed by atoms with Crippen molar-refractivity contribution in [2.45, 2.75) is 6.42 Å². The zero-order valence-corrected chi connectivity index (χ0v) is 16.3. The molecule has 0 saturated heterocycles. The molecule has 0 atom stereocenters. The summed E-state index contributed by atoms with van der Waals surface area (Å²) < 4.78 is 30.6. The quantitative estimate of drug-likeness (QED) is 0.687. The second kappa shape index (κ2) is 9.94. The first-order chi connectivity index (χ1) is 12.9. The van der Waals surface area contributed by atoms with E-state index in [0.717, 1.165) is 11.3 Å². The number of sulfonamides is 1. The number of carbonyl (C=O) groups excluding carboxylic acids is 1. The number of para-hydroxylation sites is 1. The lowest BCUT2D eigenvalue weighted by atomic mass is 10.1. The Balaban J connectivity index is 1.84. The van der Waals surface area contributed by atoms with Crippen molar-refractivity contribution >= 4 is 21.7 Å². The summed E-state index contributed by atoms with van der Waals surface area (Å²) in [6, 6.07) is 16.2. The lowest BCUT2D eigenvalue weighted by Gasteiger charge is -2.20. The van der Waals surface area contributed by atoms with E-state index in [1.54, 1.807) is 19.2 Å². The number of anilines is 1. The highest BCUT2D eigenvalue weighted by molar-refractivity contribution is 7.88. The normalized spacial score (nSPS) is 11.2. The number of ether oxygens (including phenoxy) is 1. The highest BCUT2D eigenvalue weighted by Gasteiger charge is 2.16. The van der Waals surface area contributed by atoms with E-state index in [-0.39, 0.29) is 19.1 Å². The Kier molecular flexibility index (Phi) is 7.63. The van der Waals surface area contributed by atoms with Crippen LogP contribution in [-0.2, 0) is 16.4 Å². The lowest BCUT2D eigenvalue weighted by Crippen LogP contribution is -2.40. The van der Waals surface area contributed by atoms with Crippen LogP contribution in [0.15, 0.2) is 54.6 Å². The minimum atomic E-state index is -3.38. The average Bonchev–Trinajstić information content (AvgIpc) is 2.64. The second-order valence-electron chi connectivity index (χ2n) is 6.01. The molecule has 0 aliphatic carbocycles. The van der Waals surface area contributed by atoms with Crippen LogP contribution in [-0.4, -0.2) is 51.8 Å². The molecule has 0 aliphatic rings. The molecule has 2 aromatic rings. The van der Waals surface area contributed by atoms with Crippen LogP contribution in [0.3, 0.4) is 0 Å². The van der Waals surface area contributed by atoms with Crippen LogP contribution in [0, 0.1) is 0 Å². The number of carbonyl (C=O) groups is 1. The molecule has 0 heterocycles. The minimum Gasteiger partial charge on any atom is -0.497 e. The second-order valence-corrected chi connectivity index (χ2v) is 7.99. The van der Waals surface area contributed by atoms with Crippen LogP contribution in [0.25, 0.3) is 0 Å². The van der Waals surface area contributed by atoms with E-state index in [1.807, 2.05) is 42.5 Å². The summed E-state index contributed by atoms with van der Waals surface area (Å²) in [5.41, 5.74) is 1.66. The van der Waals surface area contributed by atoms with E-state index >= 15 is 0 Å². The van der Waals surface area contributed by atoms with Crippen molar-refractivity contribution in [3.8, 4) is 5.75 Å². The third-order valence-corrected chi connectivity index (χ3v) is 5.23. The van der Waals surface area contributed by atoms with Gasteiger partial charge in [0.15, 0.2) is 0 Å². The van der Waals surface area contributed by atoms with Crippen molar-refractivity contribution in [3.05, 3.63) is 60.2 Å². The van der Waals surface area contributed by atoms with Crippen LogP contribution in [0.1, 0.15) is 5.56 Å². The number of nitrogens with one attached hydrogen (secondary N) is 2. The molecule has 2 N–H and O–H groups in total. The Morgan fingerprint density at radius 3 is 2.48 bits per heavy atom. The molecule has 0 fully saturated rings. The number of rotatable bonds is 9. The van der Waals surface area contributed by atoms with Crippen LogP contribution >= 0.6 is 0 Å². The van der Waals surface area contributed by atoms with Gasteiger partial charge in [0.05, 0.1) is 13.4 Å². The molecule has 7 nitrogen and oxygen atoms in total. The SMILES string of the molecule is COc1cccc(CCN(CCNC(=O)Nc2ccccc2)S(C)(=O)=O)c1. The highest BCUT2D eigenvalue weighted by atomic mass is 32.2. The molecule has 27 heavy (non-hydrogen) atoms. The highest BCUT2D eigenvalue weighted by Crippen LogP contribution is 2.13. The van der Waals surface area contributed by atoms with Gasteiger partial charge in [-0.15, -0.1) is 0 Å². The molecule has 2 aromatic carbocycles. The molecule has 8 heteroatoms. The van der Waals surface area contributed by atoms with Crippen LogP contribution in [0.4, 0.5) is 10.5 Å². The van der Waals surface area contributed by atoms with Crippen molar-refractivity contribution in [1.82, 2.24) is 9.62 Å². The van der Waals surface area contributed by atoms with Gasteiger partial charge in [-0.2, -0.15) is 0 Å². The monoisotopic (exact) mass is 391 g/mol. The van der Waals surface area contributed by atoms with Gasteiger partial charge in [0.2, 0.25) is 10.0 Å². The molecule has 0 saturated carbocycles. The molecule has 0 aliphatic heterocycles. The standard InChI is InChI=1S/C19H25N3O4S/c1-26-18-10-6-7-16(15-18)11-13-22(27(2,24)25)14-12-20-19(23)21-17-8-4-3-5-9-17/h3-10,15H,11-14H2,1-2H3,(H2,20,21,23). The van der Waals surface area contributed by atoms with Crippen molar-refractivity contribution < 1.29 is 17.9 Å². The van der Waals surface area contributed by atoms with Crippen molar-refractivity contribution in [2.75, 3.05) is 38.3 Å². The molecule has 0 bridgehead atoms. The van der Waals surface area contributed by atoms with Gasteiger partial charge in [0, 0.05) is 25.3 Å². The lowest BCUT2D eigenvalue weighted by molar-refractivity contribution is 0.251. The Bertz CT molecular complexity index is 841. The molecule has 0 spiro atoms. The number of benzene rings is 2. The predicted molar refractivity (Wildman–Crippen MR) is 107 cm³/mol. The minimum absolute atomic E-state index is 0.199. The first-order valence-corrected chi connectivity index (χ1v) is 10.4. The Morgan fingerprint density at radius 2 is 1.81 bits per heavy atom. The van der Waals surface area contributed by atoms with Gasteiger partial charge in [-0.25, -0.2) is 17.5 Å². The molecule has 0 radical (unpaired) electrons. The molecule has 0 unspecified atom stereocenters. The topological polar surface area (TPSA) is 87.7 Å². The van der Waals surface area contributed by atoms with Crippen molar-refractivity contribution in [3.63, 3.8) is 0 Å². The predicted octanol–water partition coefficient (Wildman–Crippen LogP) is 2.32. The zero-order valence-electron chi connectivity index (χ0n) is 15.5. The van der Waals surface area contributed by atoms with Gasteiger partial charge in [0.25, 0.3) is 0 Å². The van der Waals surface area contributed by atoms with Crippen LogP contribution in [0.5, 0.6) is 5.75 Å². The van der Waals surface area contributed by atoms with Crippen molar-refractivity contribution in [1.29, 1.82) is 0 Å². The first-order valence-electron chi connectivity index (χ1n) is 8.56. The summed E-state index contributed by atoms with van der Waals surface area (Å²) in [6.07, 6.45) is 1.73. The number of hydrogen-bond acceptors (Lipinski definition) is 4. The van der Waals surface area contributed by atoms with Gasteiger partial charge < -0.3 is 15.4 Å². The first kappa shape index (κ1) is 20.7. The molecule has 0 aromatic heterocycles. The fourth-order valence-corrected chi connectivity index (χ4v) is 3.36. The summed E-state index contributed by atoms with van der Waals surface area (Å²) >= 11 is 0. The smallest absolute Gasteiger partial charge is 0.319 e. The summed E-state index contributed by atoms with van der Waals surface area (Å²) in [4.78, 5) is 11.9. The molecular weight excluding hydrogens is 366 g/mol. The van der Waals surface area contributed by atoms with E-state index in [4.69, 9.17) is 4.74 Å². The van der Waals surface area contributed by atoms with E-state index in [0.29, 0.717) is 18.7 Å². The molecule has 2 rings (SSSR count). The van der Waals surface area contributed by atoms with Gasteiger partial charge in [-0.05, 0) is 36.2 Å². The fraction of sp³-hybridized carbons (Fsp3) is 0.316. The number of nitrogens with zero attached hydrogens (tertiary/aromatic N) is 1. The third-order valence-electron chi connectivity index (χ3n) is 3.93. The Hall–Kier alpha value is -2.58. The van der Waals surface area contributed by atoms with Crippen LogP contribution < -0.4 is 15.4 Å². The number of hydrogen-bond donors (Lipinski definition) is 2. The van der Waals surface area contributed by atoms with Gasteiger partial charge in [-0.1, -0.05) is 30.3 Å². The zero-order chi connectivity index (χ0) is 19.7. The van der Waals surface area contributed by atoms with E-state index in [1.165, 1.54) is 10.6 Å². The largest absolute Gasteiger partial charge is 0.497 e. The van der Waals surface area contributed by atoms with E-state index in [2.05, 4.69) is 10.6 Å². The van der Waals surface area contributed by atoms with Crippen molar-refractivity contribution in [2.24, 2.45) is 0 Å². The number of urea groups is 1. The average molecular weight is 391 g/mol.